The fourth-order valence-electron chi connectivity index (χ4n) is 4.46. The van der Waals surface area contributed by atoms with E-state index in [1.165, 1.54) is 19.4 Å². The molecule has 3 N–H and O–H groups in total. The summed E-state index contributed by atoms with van der Waals surface area (Å²) < 4.78 is 1.98. The van der Waals surface area contributed by atoms with Crippen LogP contribution in [-0.2, 0) is 18.4 Å². The van der Waals surface area contributed by atoms with Crippen molar-refractivity contribution in [1.82, 2.24) is 29.9 Å². The quantitative estimate of drug-likeness (QED) is 0.510. The fourth-order valence-corrected chi connectivity index (χ4v) is 4.46. The third-order valence-corrected chi connectivity index (χ3v) is 6.26. The van der Waals surface area contributed by atoms with Gasteiger partial charge in [0.25, 0.3) is 0 Å². The molecule has 162 valence electrons. The average Bonchev–Trinajstić information content (AvgIpc) is 3.28. The molecule has 9 heteroatoms. The van der Waals surface area contributed by atoms with Gasteiger partial charge in [-0.2, -0.15) is 0 Å². The van der Waals surface area contributed by atoms with E-state index in [9.17, 15) is 4.79 Å². The molecule has 2 fully saturated rings. The molecule has 2 aliphatic heterocycles. The monoisotopic (exact) mass is 404 g/mol. The van der Waals surface area contributed by atoms with E-state index < -0.39 is 0 Å². The first-order chi connectivity index (χ1) is 14.0. The summed E-state index contributed by atoms with van der Waals surface area (Å²) >= 11 is 0. The van der Waals surface area contributed by atoms with E-state index in [1.807, 2.05) is 18.5 Å². The van der Waals surface area contributed by atoms with Crippen LogP contribution in [0.1, 0.15) is 50.7 Å². The van der Waals surface area contributed by atoms with Gasteiger partial charge in [-0.25, -0.2) is 4.99 Å². The average molecular weight is 405 g/mol. The normalized spacial score (nSPS) is 23.6. The van der Waals surface area contributed by atoms with Crippen LogP contribution in [0, 0.1) is 12.8 Å². The second kappa shape index (κ2) is 10.0. The molecule has 9 nitrogen and oxygen atoms in total. The maximum Gasteiger partial charge on any atom is 0.217 e. The molecule has 0 saturated carbocycles. The number of primary amides is 1. The van der Waals surface area contributed by atoms with Gasteiger partial charge in [0.05, 0.1) is 0 Å². The van der Waals surface area contributed by atoms with Gasteiger partial charge in [-0.05, 0) is 51.6 Å². The summed E-state index contributed by atoms with van der Waals surface area (Å²) in [7, 11) is 1.97. The number of aryl methyl sites for hydroxylation is 1. The zero-order valence-electron chi connectivity index (χ0n) is 18.1. The van der Waals surface area contributed by atoms with Crippen LogP contribution in [0.25, 0.3) is 0 Å². The number of nitrogens with zero attached hydrogens (tertiary/aromatic N) is 6. The number of hydrogen-bond donors (Lipinski definition) is 2. The van der Waals surface area contributed by atoms with E-state index in [4.69, 9.17) is 10.7 Å². The van der Waals surface area contributed by atoms with Crippen molar-refractivity contribution in [2.75, 3.05) is 32.7 Å². The number of piperidine rings is 1. The lowest BCUT2D eigenvalue weighted by molar-refractivity contribution is -0.119. The highest BCUT2D eigenvalue weighted by atomic mass is 16.1. The molecule has 1 amide bonds. The van der Waals surface area contributed by atoms with Crippen LogP contribution < -0.4 is 11.1 Å². The van der Waals surface area contributed by atoms with E-state index in [2.05, 4.69) is 32.2 Å². The molecule has 0 radical (unpaired) electrons. The van der Waals surface area contributed by atoms with Crippen molar-refractivity contribution in [3.05, 3.63) is 11.6 Å². The lowest BCUT2D eigenvalue weighted by Crippen LogP contribution is -2.50. The molecule has 3 rings (SSSR count). The molecule has 2 unspecified atom stereocenters. The van der Waals surface area contributed by atoms with Gasteiger partial charge in [0, 0.05) is 39.1 Å². The number of carbonyl (C=O) groups excluding carboxylic acids is 1. The number of rotatable bonds is 7. The van der Waals surface area contributed by atoms with Gasteiger partial charge in [0.15, 0.2) is 11.8 Å². The largest absolute Gasteiger partial charge is 0.370 e. The molecule has 0 aliphatic carbocycles. The maximum absolute atomic E-state index is 11.4. The number of guanidine groups is 1. The Morgan fingerprint density at radius 2 is 2.07 bits per heavy atom. The predicted octanol–water partition coefficient (Wildman–Crippen LogP) is 0.641. The summed E-state index contributed by atoms with van der Waals surface area (Å²) in [6, 6.07) is 0.550. The van der Waals surface area contributed by atoms with Crippen molar-refractivity contribution in [3.8, 4) is 0 Å². The zero-order valence-corrected chi connectivity index (χ0v) is 18.1. The number of likely N-dealkylation sites (N-methyl/N-ethyl adjacent to an activating group) is 1. The van der Waals surface area contributed by atoms with Crippen LogP contribution in [0.3, 0.4) is 0 Å². The van der Waals surface area contributed by atoms with Crippen LogP contribution in [0.4, 0.5) is 0 Å². The van der Waals surface area contributed by atoms with Gasteiger partial charge < -0.3 is 20.5 Å². The Labute approximate surface area is 173 Å². The lowest BCUT2D eigenvalue weighted by atomic mass is 9.95. The molecule has 2 aliphatic rings. The molecule has 2 atom stereocenters. The molecule has 1 aromatic rings. The molecule has 0 bridgehead atoms. The second-order valence-corrected chi connectivity index (χ2v) is 8.29. The number of nitrogens with one attached hydrogen (secondary N) is 1. The molecule has 29 heavy (non-hydrogen) atoms. The molecule has 1 aromatic heterocycles. The van der Waals surface area contributed by atoms with Crippen LogP contribution >= 0.6 is 0 Å². The SMILES string of the molecule is CCN1CCCC1CNC(=NCc1nnc(C)n1C)N1CCCC(CC(N)=O)C1. The van der Waals surface area contributed by atoms with Crippen LogP contribution in [0.2, 0.25) is 0 Å². The summed E-state index contributed by atoms with van der Waals surface area (Å²) in [6.07, 6.45) is 5.02. The first-order valence-electron chi connectivity index (χ1n) is 10.9. The van der Waals surface area contributed by atoms with Gasteiger partial charge >= 0.3 is 0 Å². The van der Waals surface area contributed by atoms with Crippen LogP contribution in [0.5, 0.6) is 0 Å². The Kier molecular flexibility index (Phi) is 7.46. The molecular weight excluding hydrogens is 368 g/mol. The highest BCUT2D eigenvalue weighted by Gasteiger charge is 2.26. The Morgan fingerprint density at radius 1 is 1.28 bits per heavy atom. The number of nitrogens with two attached hydrogens (primary N) is 1. The van der Waals surface area contributed by atoms with E-state index >= 15 is 0 Å². The Bertz CT molecular complexity index is 715. The number of carbonyl (C=O) groups is 1. The minimum atomic E-state index is -0.220. The first-order valence-corrected chi connectivity index (χ1v) is 10.9. The standard InChI is InChI=1S/C20H36N8O/c1-4-27-9-6-8-17(27)12-22-20(23-13-19-25-24-15(2)26(19)3)28-10-5-7-16(14-28)11-18(21)29/h16-17H,4-14H2,1-3H3,(H2,21,29)(H,22,23). The van der Waals surface area contributed by atoms with E-state index in [0.717, 1.165) is 56.6 Å². The summed E-state index contributed by atoms with van der Waals surface area (Å²) in [4.78, 5) is 21.1. The van der Waals surface area contributed by atoms with E-state index in [-0.39, 0.29) is 5.91 Å². The summed E-state index contributed by atoms with van der Waals surface area (Å²) in [5, 5.41) is 12.0. The van der Waals surface area contributed by atoms with Gasteiger partial charge in [-0.1, -0.05) is 6.92 Å². The van der Waals surface area contributed by atoms with Crippen molar-refractivity contribution >= 4 is 11.9 Å². The van der Waals surface area contributed by atoms with Crippen molar-refractivity contribution in [1.29, 1.82) is 0 Å². The molecule has 3 heterocycles. The van der Waals surface area contributed by atoms with Crippen molar-refractivity contribution < 1.29 is 4.79 Å². The predicted molar refractivity (Wildman–Crippen MR) is 113 cm³/mol. The Morgan fingerprint density at radius 3 is 2.76 bits per heavy atom. The smallest absolute Gasteiger partial charge is 0.217 e. The fraction of sp³-hybridized carbons (Fsp3) is 0.800. The number of amides is 1. The first kappa shape index (κ1) is 21.5. The van der Waals surface area contributed by atoms with Gasteiger partial charge in [0.1, 0.15) is 12.4 Å². The van der Waals surface area contributed by atoms with E-state index in [1.54, 1.807) is 0 Å². The third kappa shape index (κ3) is 5.68. The van der Waals surface area contributed by atoms with Crippen molar-refractivity contribution in [2.24, 2.45) is 23.7 Å². The van der Waals surface area contributed by atoms with Crippen LogP contribution in [0.15, 0.2) is 4.99 Å². The Balaban J connectivity index is 1.70. The highest BCUT2D eigenvalue weighted by molar-refractivity contribution is 5.80. The summed E-state index contributed by atoms with van der Waals surface area (Å²) in [5.74, 6) is 2.71. The zero-order chi connectivity index (χ0) is 20.8. The Hall–Kier alpha value is -2.16. The lowest BCUT2D eigenvalue weighted by Gasteiger charge is -2.35. The number of likely N-dealkylation sites (tertiary alicyclic amines) is 2. The summed E-state index contributed by atoms with van der Waals surface area (Å²) in [6.45, 7) is 9.57. The number of hydrogen-bond acceptors (Lipinski definition) is 5. The topological polar surface area (TPSA) is 105 Å². The minimum Gasteiger partial charge on any atom is -0.370 e. The van der Waals surface area contributed by atoms with Crippen molar-refractivity contribution in [3.63, 3.8) is 0 Å². The van der Waals surface area contributed by atoms with Crippen molar-refractivity contribution in [2.45, 2.75) is 58.5 Å². The van der Waals surface area contributed by atoms with Gasteiger partial charge in [-0.3, -0.25) is 9.69 Å². The number of aromatic nitrogens is 3. The maximum atomic E-state index is 11.4. The molecule has 0 spiro atoms. The second-order valence-electron chi connectivity index (χ2n) is 8.29. The molecular formula is C20H36N8O. The summed E-state index contributed by atoms with van der Waals surface area (Å²) in [5.41, 5.74) is 5.44. The van der Waals surface area contributed by atoms with Crippen LogP contribution in [-0.4, -0.2) is 75.2 Å². The molecule has 0 aromatic carbocycles. The highest BCUT2D eigenvalue weighted by Crippen LogP contribution is 2.20. The number of aliphatic imine (C=N–C) groups is 1. The third-order valence-electron chi connectivity index (χ3n) is 6.26. The minimum absolute atomic E-state index is 0.220. The van der Waals surface area contributed by atoms with Gasteiger partial charge in [-0.15, -0.1) is 10.2 Å². The van der Waals surface area contributed by atoms with Gasteiger partial charge in [0.2, 0.25) is 5.91 Å². The molecule has 2 saturated heterocycles. The van der Waals surface area contributed by atoms with E-state index in [0.29, 0.717) is 24.9 Å².